The Labute approximate surface area is 121 Å². The summed E-state index contributed by atoms with van der Waals surface area (Å²) in [6, 6.07) is -0.237. The monoisotopic (exact) mass is 282 g/mol. The molecule has 20 heavy (non-hydrogen) atoms. The topological polar surface area (TPSA) is 78.4 Å². The summed E-state index contributed by atoms with van der Waals surface area (Å²) >= 11 is 0. The van der Waals surface area contributed by atoms with Crippen LogP contribution in [0.3, 0.4) is 0 Å². The van der Waals surface area contributed by atoms with Crippen LogP contribution < -0.4 is 10.6 Å². The van der Waals surface area contributed by atoms with E-state index in [-0.39, 0.29) is 23.8 Å². The first-order chi connectivity index (χ1) is 9.27. The molecule has 0 aromatic rings. The molecule has 114 valence electrons. The van der Waals surface area contributed by atoms with E-state index in [9.17, 15) is 9.59 Å². The lowest BCUT2D eigenvalue weighted by molar-refractivity contribution is -0.137. The van der Waals surface area contributed by atoms with Crippen molar-refractivity contribution >= 4 is 12.0 Å². The molecule has 5 nitrogen and oxygen atoms in total. The van der Waals surface area contributed by atoms with Gasteiger partial charge in [-0.2, -0.15) is 0 Å². The zero-order valence-corrected chi connectivity index (χ0v) is 12.9. The van der Waals surface area contributed by atoms with Crippen molar-refractivity contribution in [3.8, 4) is 11.8 Å². The van der Waals surface area contributed by atoms with Gasteiger partial charge in [0.1, 0.15) is 0 Å². The highest BCUT2D eigenvalue weighted by atomic mass is 16.4. The first-order valence-electron chi connectivity index (χ1n) is 6.90. The highest BCUT2D eigenvalue weighted by molar-refractivity contribution is 5.74. The van der Waals surface area contributed by atoms with E-state index in [1.807, 2.05) is 0 Å². The van der Waals surface area contributed by atoms with E-state index in [1.165, 1.54) is 0 Å². The van der Waals surface area contributed by atoms with E-state index in [2.05, 4.69) is 43.2 Å². The lowest BCUT2D eigenvalue weighted by Gasteiger charge is -2.30. The van der Waals surface area contributed by atoms with Gasteiger partial charge in [-0.05, 0) is 31.1 Å². The van der Waals surface area contributed by atoms with E-state index in [0.29, 0.717) is 19.5 Å². The Balaban J connectivity index is 4.09. The van der Waals surface area contributed by atoms with Crippen LogP contribution in [0.25, 0.3) is 0 Å². The number of aliphatic carboxylic acids is 1. The lowest BCUT2D eigenvalue weighted by Crippen LogP contribution is -2.37. The molecule has 5 heteroatoms. The largest absolute Gasteiger partial charge is 0.481 e. The SMILES string of the molecule is CC#CCNC(=O)NCCC(CCC(=O)O)C(C)(C)C. The highest BCUT2D eigenvalue weighted by Crippen LogP contribution is 2.32. The van der Waals surface area contributed by atoms with Gasteiger partial charge < -0.3 is 15.7 Å². The summed E-state index contributed by atoms with van der Waals surface area (Å²) in [4.78, 5) is 22.1. The molecule has 2 amide bonds. The Kier molecular flexibility index (Phi) is 8.46. The fourth-order valence-corrected chi connectivity index (χ4v) is 1.94. The van der Waals surface area contributed by atoms with Crippen LogP contribution in [-0.4, -0.2) is 30.2 Å². The second-order valence-electron chi connectivity index (χ2n) is 5.82. The van der Waals surface area contributed by atoms with Crippen LogP contribution in [-0.2, 0) is 4.79 Å². The van der Waals surface area contributed by atoms with E-state index < -0.39 is 5.97 Å². The Morgan fingerprint density at radius 2 is 1.85 bits per heavy atom. The van der Waals surface area contributed by atoms with Crippen molar-refractivity contribution < 1.29 is 14.7 Å². The molecule has 0 fully saturated rings. The summed E-state index contributed by atoms with van der Waals surface area (Å²) in [5.74, 6) is 4.93. The summed E-state index contributed by atoms with van der Waals surface area (Å²) in [6.07, 6.45) is 1.56. The summed E-state index contributed by atoms with van der Waals surface area (Å²) in [6.45, 7) is 8.87. The molecule has 0 rings (SSSR count). The van der Waals surface area contributed by atoms with Crippen molar-refractivity contribution in [2.75, 3.05) is 13.1 Å². The molecule has 0 aliphatic rings. The minimum atomic E-state index is -0.775. The van der Waals surface area contributed by atoms with Crippen LogP contribution in [0.5, 0.6) is 0 Å². The number of hydrogen-bond acceptors (Lipinski definition) is 2. The summed E-state index contributed by atoms with van der Waals surface area (Å²) in [5, 5.41) is 14.2. The maximum Gasteiger partial charge on any atom is 0.315 e. The number of carboxylic acids is 1. The maximum atomic E-state index is 11.4. The van der Waals surface area contributed by atoms with E-state index in [0.717, 1.165) is 6.42 Å². The molecular weight excluding hydrogens is 256 g/mol. The maximum absolute atomic E-state index is 11.4. The first kappa shape index (κ1) is 18.3. The van der Waals surface area contributed by atoms with Crippen molar-refractivity contribution in [2.24, 2.45) is 11.3 Å². The number of urea groups is 1. The van der Waals surface area contributed by atoms with Gasteiger partial charge in [-0.1, -0.05) is 26.7 Å². The Morgan fingerprint density at radius 3 is 2.35 bits per heavy atom. The minimum Gasteiger partial charge on any atom is -0.481 e. The average molecular weight is 282 g/mol. The predicted octanol–water partition coefficient (Wildman–Crippen LogP) is 2.23. The molecule has 0 spiro atoms. The smallest absolute Gasteiger partial charge is 0.315 e. The molecule has 0 bridgehead atoms. The molecular formula is C15H26N2O3. The van der Waals surface area contributed by atoms with E-state index in [1.54, 1.807) is 6.92 Å². The quantitative estimate of drug-likeness (QED) is 0.626. The van der Waals surface area contributed by atoms with Crippen LogP contribution in [0.1, 0.15) is 47.0 Å². The minimum absolute atomic E-state index is 0.0291. The second-order valence-corrected chi connectivity index (χ2v) is 5.82. The number of carbonyl (C=O) groups is 2. The fourth-order valence-electron chi connectivity index (χ4n) is 1.94. The molecule has 0 aliphatic carbocycles. The molecule has 1 atom stereocenters. The van der Waals surface area contributed by atoms with Crippen molar-refractivity contribution in [1.82, 2.24) is 10.6 Å². The van der Waals surface area contributed by atoms with Gasteiger partial charge in [-0.15, -0.1) is 5.92 Å². The van der Waals surface area contributed by atoms with Crippen molar-refractivity contribution in [2.45, 2.75) is 47.0 Å². The third-order valence-corrected chi connectivity index (χ3v) is 3.22. The Hall–Kier alpha value is -1.70. The van der Waals surface area contributed by atoms with Gasteiger partial charge in [-0.25, -0.2) is 4.79 Å². The number of carboxylic acid groups (broad SMARTS) is 1. The molecule has 1 unspecified atom stereocenters. The molecule has 0 saturated carbocycles. The molecule has 0 aromatic carbocycles. The van der Waals surface area contributed by atoms with Crippen LogP contribution in [0, 0.1) is 23.2 Å². The van der Waals surface area contributed by atoms with Crippen LogP contribution >= 0.6 is 0 Å². The molecule has 0 saturated heterocycles. The molecule has 0 aliphatic heterocycles. The van der Waals surface area contributed by atoms with Gasteiger partial charge in [-0.3, -0.25) is 4.79 Å². The zero-order valence-electron chi connectivity index (χ0n) is 12.9. The average Bonchev–Trinajstić information content (AvgIpc) is 2.31. The first-order valence-corrected chi connectivity index (χ1v) is 6.90. The van der Waals surface area contributed by atoms with Crippen molar-refractivity contribution in [1.29, 1.82) is 0 Å². The summed E-state index contributed by atoms with van der Waals surface area (Å²) < 4.78 is 0. The van der Waals surface area contributed by atoms with E-state index >= 15 is 0 Å². The van der Waals surface area contributed by atoms with Crippen molar-refractivity contribution in [3.63, 3.8) is 0 Å². The standard InChI is InChI=1S/C15H26N2O3/c1-5-6-10-16-14(20)17-11-9-12(15(2,3)4)7-8-13(18)19/h12H,7-11H2,1-4H3,(H,18,19)(H2,16,17,20). The Morgan fingerprint density at radius 1 is 1.20 bits per heavy atom. The predicted molar refractivity (Wildman–Crippen MR) is 79.3 cm³/mol. The van der Waals surface area contributed by atoms with Crippen LogP contribution in [0.2, 0.25) is 0 Å². The van der Waals surface area contributed by atoms with Crippen molar-refractivity contribution in [3.05, 3.63) is 0 Å². The molecule has 0 aromatic heterocycles. The number of rotatable bonds is 7. The van der Waals surface area contributed by atoms with Crippen LogP contribution in [0.4, 0.5) is 4.79 Å². The highest BCUT2D eigenvalue weighted by Gasteiger charge is 2.24. The van der Waals surface area contributed by atoms with Gasteiger partial charge in [0.15, 0.2) is 0 Å². The third-order valence-electron chi connectivity index (χ3n) is 3.22. The Bertz CT molecular complexity index is 375. The second kappa shape index (κ2) is 9.24. The molecule has 0 heterocycles. The van der Waals surface area contributed by atoms with Gasteiger partial charge >= 0.3 is 12.0 Å². The van der Waals surface area contributed by atoms with Gasteiger partial charge in [0.2, 0.25) is 0 Å². The van der Waals surface area contributed by atoms with Gasteiger partial charge in [0.05, 0.1) is 6.54 Å². The van der Waals surface area contributed by atoms with E-state index in [4.69, 9.17) is 5.11 Å². The number of nitrogens with one attached hydrogen (secondary N) is 2. The number of hydrogen-bond donors (Lipinski definition) is 3. The van der Waals surface area contributed by atoms with Gasteiger partial charge in [0.25, 0.3) is 0 Å². The third kappa shape index (κ3) is 9.26. The normalized spacial score (nSPS) is 12.0. The van der Waals surface area contributed by atoms with Gasteiger partial charge in [0, 0.05) is 13.0 Å². The van der Waals surface area contributed by atoms with Crippen LogP contribution in [0.15, 0.2) is 0 Å². The summed E-state index contributed by atoms with van der Waals surface area (Å²) in [7, 11) is 0. The number of carbonyl (C=O) groups excluding carboxylic acids is 1. The summed E-state index contributed by atoms with van der Waals surface area (Å²) in [5.41, 5.74) is 0.0291. The molecule has 3 N–H and O–H groups in total. The number of amides is 2. The zero-order chi connectivity index (χ0) is 15.6. The fraction of sp³-hybridized carbons (Fsp3) is 0.733. The lowest BCUT2D eigenvalue weighted by atomic mass is 9.76. The molecule has 0 radical (unpaired) electrons.